The highest BCUT2D eigenvalue weighted by molar-refractivity contribution is 6.28. The number of benzene rings is 1. The fourth-order valence-electron chi connectivity index (χ4n) is 7.81. The lowest BCUT2D eigenvalue weighted by Gasteiger charge is -2.55. The van der Waals surface area contributed by atoms with E-state index in [1.54, 1.807) is 5.57 Å². The van der Waals surface area contributed by atoms with Crippen LogP contribution in [0.4, 0.5) is 5.69 Å². The first-order chi connectivity index (χ1) is 15.7. The van der Waals surface area contributed by atoms with Crippen LogP contribution in [-0.4, -0.2) is 31.5 Å². The third-order valence-electron chi connectivity index (χ3n) is 9.89. The maximum absolute atomic E-state index is 13.2. The molecule has 3 unspecified atom stereocenters. The van der Waals surface area contributed by atoms with Crippen LogP contribution in [0.1, 0.15) is 70.3 Å². The lowest BCUT2D eigenvalue weighted by atomic mass is 9.48. The Bertz CT molecular complexity index is 1050. The second kappa shape index (κ2) is 8.12. The number of nitrogens with zero attached hydrogens (tertiary/aromatic N) is 1. The summed E-state index contributed by atoms with van der Waals surface area (Å²) in [6.45, 7) is 4.57. The van der Waals surface area contributed by atoms with Crippen LogP contribution in [-0.2, 0) is 9.59 Å². The zero-order valence-electron chi connectivity index (χ0n) is 20.4. The van der Waals surface area contributed by atoms with Gasteiger partial charge in [0.25, 0.3) is 0 Å². The fraction of sp³-hybridized carbons (Fsp3) is 0.586. The first kappa shape index (κ1) is 22.9. The molecule has 0 saturated heterocycles. The molecule has 0 N–H and O–H groups in total. The van der Waals surface area contributed by atoms with Gasteiger partial charge in [0.2, 0.25) is 0 Å². The lowest BCUT2D eigenvalue weighted by molar-refractivity contribution is -0.134. The van der Waals surface area contributed by atoms with Crippen LogP contribution in [0.5, 0.6) is 0 Å². The predicted molar refractivity (Wildman–Crippen MR) is 135 cm³/mol. The summed E-state index contributed by atoms with van der Waals surface area (Å²) in [4.78, 5) is 27.5. The summed E-state index contributed by atoms with van der Waals surface area (Å²) in [7, 11) is 4.14. The molecule has 1 aromatic carbocycles. The minimum Gasteiger partial charge on any atom is -0.378 e. The van der Waals surface area contributed by atoms with E-state index in [0.29, 0.717) is 24.2 Å². The standard InChI is InChI=1S/C29H36ClNO2/c1-28(26(33)17-30)14-13-25-23-11-7-19-15-21(32)10-12-22(19)27(23)24(16-29(25,28)2)18-5-8-20(9-6-18)31(3)4/h5-6,8-9,15,23-25H,7,10-14,16-17H2,1-4H3/t23?,24?,25?,28-,29+/m1/s1. The summed E-state index contributed by atoms with van der Waals surface area (Å²) in [5.74, 6) is 1.89. The van der Waals surface area contributed by atoms with Crippen molar-refractivity contribution >= 4 is 28.9 Å². The second-order valence-corrected chi connectivity index (χ2v) is 11.7. The minimum absolute atomic E-state index is 0.0652. The van der Waals surface area contributed by atoms with Gasteiger partial charge in [0.1, 0.15) is 0 Å². The van der Waals surface area contributed by atoms with Gasteiger partial charge in [-0.25, -0.2) is 0 Å². The van der Waals surface area contributed by atoms with E-state index in [4.69, 9.17) is 11.6 Å². The van der Waals surface area contributed by atoms with E-state index >= 15 is 0 Å². The summed E-state index contributed by atoms with van der Waals surface area (Å²) >= 11 is 6.15. The van der Waals surface area contributed by atoms with E-state index in [0.717, 1.165) is 38.5 Å². The molecule has 0 bridgehead atoms. The smallest absolute Gasteiger partial charge is 0.156 e. The molecular weight excluding hydrogens is 430 g/mol. The normalized spacial score (nSPS) is 35.5. The molecule has 4 heteroatoms. The lowest BCUT2D eigenvalue weighted by Crippen LogP contribution is -2.50. The number of alkyl halides is 1. The number of carbonyl (C=O) groups excluding carboxylic acids is 2. The van der Waals surface area contributed by atoms with Crippen LogP contribution in [0.2, 0.25) is 0 Å². The first-order valence-corrected chi connectivity index (χ1v) is 13.1. The molecule has 5 rings (SSSR count). The van der Waals surface area contributed by atoms with Crippen molar-refractivity contribution in [2.75, 3.05) is 24.9 Å². The van der Waals surface area contributed by atoms with Crippen molar-refractivity contribution in [2.24, 2.45) is 22.7 Å². The Morgan fingerprint density at radius 2 is 1.82 bits per heavy atom. The summed E-state index contributed by atoms with van der Waals surface area (Å²) in [6.07, 6.45) is 8.54. The summed E-state index contributed by atoms with van der Waals surface area (Å²) < 4.78 is 0. The minimum atomic E-state index is -0.365. The molecule has 2 saturated carbocycles. The van der Waals surface area contributed by atoms with Crippen molar-refractivity contribution in [1.29, 1.82) is 0 Å². The van der Waals surface area contributed by atoms with Gasteiger partial charge in [-0.15, -0.1) is 11.6 Å². The van der Waals surface area contributed by atoms with Gasteiger partial charge in [-0.2, -0.15) is 0 Å². The van der Waals surface area contributed by atoms with Gasteiger partial charge in [0.15, 0.2) is 11.6 Å². The van der Waals surface area contributed by atoms with E-state index < -0.39 is 0 Å². The number of fused-ring (bicyclic) bond motifs is 4. The van der Waals surface area contributed by atoms with Crippen LogP contribution in [0, 0.1) is 22.7 Å². The average molecular weight is 466 g/mol. The number of rotatable bonds is 4. The SMILES string of the molecule is CN(C)c1ccc(C2C[C@@]3(C)C(CC[C@]3(C)C(=O)CCl)C3CCC4=CC(=O)CCC4=C23)cc1. The van der Waals surface area contributed by atoms with E-state index in [-0.39, 0.29) is 28.3 Å². The number of ketones is 2. The van der Waals surface area contributed by atoms with Gasteiger partial charge in [-0.05, 0) is 90.7 Å². The Kier molecular flexibility index (Phi) is 5.63. The quantitative estimate of drug-likeness (QED) is 0.478. The molecule has 0 spiro atoms. The van der Waals surface area contributed by atoms with E-state index in [1.807, 2.05) is 6.08 Å². The van der Waals surface area contributed by atoms with Crippen molar-refractivity contribution in [1.82, 2.24) is 0 Å². The fourth-order valence-corrected chi connectivity index (χ4v) is 8.11. The van der Waals surface area contributed by atoms with Gasteiger partial charge < -0.3 is 4.90 Å². The van der Waals surface area contributed by atoms with E-state index in [9.17, 15) is 9.59 Å². The van der Waals surface area contributed by atoms with Gasteiger partial charge in [-0.1, -0.05) is 31.6 Å². The highest BCUT2D eigenvalue weighted by atomic mass is 35.5. The number of hydrogen-bond acceptors (Lipinski definition) is 3. The zero-order chi connectivity index (χ0) is 23.5. The summed E-state index contributed by atoms with van der Waals surface area (Å²) in [6, 6.07) is 9.00. The van der Waals surface area contributed by atoms with Crippen LogP contribution < -0.4 is 4.90 Å². The monoisotopic (exact) mass is 465 g/mol. The molecule has 4 aliphatic carbocycles. The molecule has 176 valence electrons. The van der Waals surface area contributed by atoms with Gasteiger partial charge >= 0.3 is 0 Å². The Labute approximate surface area is 203 Å². The van der Waals surface area contributed by atoms with Crippen LogP contribution in [0.25, 0.3) is 0 Å². The van der Waals surface area contributed by atoms with Crippen LogP contribution in [0.15, 0.2) is 47.1 Å². The van der Waals surface area contributed by atoms with Gasteiger partial charge in [0.05, 0.1) is 5.88 Å². The largest absolute Gasteiger partial charge is 0.378 e. The molecule has 0 aromatic heterocycles. The van der Waals surface area contributed by atoms with Crippen molar-refractivity contribution in [3.63, 3.8) is 0 Å². The molecule has 0 amide bonds. The first-order valence-electron chi connectivity index (χ1n) is 12.5. The van der Waals surface area contributed by atoms with Gasteiger partial charge in [-0.3, -0.25) is 9.59 Å². The van der Waals surface area contributed by atoms with Crippen LogP contribution >= 0.6 is 11.6 Å². The molecule has 3 nitrogen and oxygen atoms in total. The maximum atomic E-state index is 13.2. The number of Topliss-reactive ketones (excluding diaryl/α,β-unsaturated/α-hetero) is 1. The highest BCUT2D eigenvalue weighted by Crippen LogP contribution is 2.69. The molecule has 0 heterocycles. The number of anilines is 1. The molecule has 2 fully saturated rings. The third kappa shape index (κ3) is 3.37. The molecule has 5 atom stereocenters. The van der Waals surface area contributed by atoms with Crippen molar-refractivity contribution in [3.05, 3.63) is 52.6 Å². The topological polar surface area (TPSA) is 37.4 Å². The van der Waals surface area contributed by atoms with Crippen molar-refractivity contribution < 1.29 is 9.59 Å². The number of allylic oxidation sites excluding steroid dienone is 4. The van der Waals surface area contributed by atoms with Crippen molar-refractivity contribution in [3.8, 4) is 0 Å². The Morgan fingerprint density at radius 3 is 2.48 bits per heavy atom. The molecular formula is C29H36ClNO2. The second-order valence-electron chi connectivity index (χ2n) is 11.4. The summed E-state index contributed by atoms with van der Waals surface area (Å²) in [5.41, 5.74) is 6.45. The van der Waals surface area contributed by atoms with E-state index in [1.165, 1.54) is 22.4 Å². The molecule has 1 aromatic rings. The Balaban J connectivity index is 1.66. The molecule has 33 heavy (non-hydrogen) atoms. The number of hydrogen-bond donors (Lipinski definition) is 0. The predicted octanol–water partition coefficient (Wildman–Crippen LogP) is 6.47. The van der Waals surface area contributed by atoms with Gasteiger partial charge in [0, 0.05) is 37.5 Å². The third-order valence-corrected chi connectivity index (χ3v) is 10.1. The van der Waals surface area contributed by atoms with Crippen molar-refractivity contribution in [2.45, 2.75) is 64.7 Å². The Morgan fingerprint density at radius 1 is 1.09 bits per heavy atom. The molecule has 0 aliphatic heterocycles. The summed E-state index contributed by atoms with van der Waals surface area (Å²) in [5, 5.41) is 0. The molecule has 0 radical (unpaired) electrons. The Hall–Kier alpha value is -1.87. The average Bonchev–Trinajstić information content (AvgIpc) is 3.09. The number of halogens is 1. The maximum Gasteiger partial charge on any atom is 0.156 e. The zero-order valence-corrected chi connectivity index (χ0v) is 21.2. The highest BCUT2D eigenvalue weighted by Gasteiger charge is 2.63. The van der Waals surface area contributed by atoms with Crippen LogP contribution in [0.3, 0.4) is 0 Å². The van der Waals surface area contributed by atoms with E-state index in [2.05, 4.69) is 57.1 Å². The number of carbonyl (C=O) groups is 2. The molecule has 4 aliphatic rings.